The summed E-state index contributed by atoms with van der Waals surface area (Å²) in [7, 11) is 0. The molecule has 0 bridgehead atoms. The van der Waals surface area contributed by atoms with Crippen LogP contribution in [0.25, 0.3) is 0 Å². The van der Waals surface area contributed by atoms with Crippen LogP contribution in [0.3, 0.4) is 0 Å². The Hall–Kier alpha value is -1.30. The molecule has 2 N–H and O–H groups in total. The molecule has 1 aromatic rings. The summed E-state index contributed by atoms with van der Waals surface area (Å²) in [4.78, 5) is 14.5. The van der Waals surface area contributed by atoms with Crippen molar-refractivity contribution in [3.05, 3.63) is 34.9 Å². The summed E-state index contributed by atoms with van der Waals surface area (Å²) >= 11 is 5.97. The summed E-state index contributed by atoms with van der Waals surface area (Å²) in [6, 6.07) is 7.57. The SMILES string of the molecule is C[C@@H]1CN(C(C)(C)CNC(=O)NCCc2cccc(Cl)c2)C[C@H](C)O1. The van der Waals surface area contributed by atoms with Crippen LogP contribution in [0.15, 0.2) is 24.3 Å². The van der Waals surface area contributed by atoms with E-state index in [1.54, 1.807) is 0 Å². The smallest absolute Gasteiger partial charge is 0.314 e. The summed E-state index contributed by atoms with van der Waals surface area (Å²) < 4.78 is 5.79. The fraction of sp³-hybridized carbons (Fsp3) is 0.632. The van der Waals surface area contributed by atoms with E-state index >= 15 is 0 Å². The van der Waals surface area contributed by atoms with Gasteiger partial charge in [-0.25, -0.2) is 4.79 Å². The Bertz CT molecular complexity index is 570. The predicted octanol–water partition coefficient (Wildman–Crippen LogP) is 3.07. The highest BCUT2D eigenvalue weighted by Crippen LogP contribution is 2.20. The van der Waals surface area contributed by atoms with Crippen molar-refractivity contribution < 1.29 is 9.53 Å². The van der Waals surface area contributed by atoms with Crippen molar-refractivity contribution in [3.8, 4) is 0 Å². The number of ether oxygens (including phenoxy) is 1. The molecule has 1 heterocycles. The zero-order chi connectivity index (χ0) is 18.4. The minimum Gasteiger partial charge on any atom is -0.373 e. The van der Waals surface area contributed by atoms with E-state index < -0.39 is 0 Å². The molecule has 2 atom stereocenters. The number of amides is 2. The van der Waals surface area contributed by atoms with Crippen LogP contribution in [0.1, 0.15) is 33.3 Å². The molecular weight excluding hydrogens is 338 g/mol. The van der Waals surface area contributed by atoms with E-state index in [0.717, 1.165) is 30.1 Å². The molecule has 0 aliphatic carbocycles. The largest absolute Gasteiger partial charge is 0.373 e. The van der Waals surface area contributed by atoms with Crippen molar-refractivity contribution in [2.45, 2.75) is 51.9 Å². The molecule has 0 radical (unpaired) electrons. The van der Waals surface area contributed by atoms with Gasteiger partial charge < -0.3 is 15.4 Å². The average molecular weight is 368 g/mol. The number of carbonyl (C=O) groups excluding carboxylic acids is 1. The first-order valence-corrected chi connectivity index (χ1v) is 9.31. The fourth-order valence-electron chi connectivity index (χ4n) is 3.16. The number of hydrogen-bond acceptors (Lipinski definition) is 3. The second-order valence-electron chi connectivity index (χ2n) is 7.46. The van der Waals surface area contributed by atoms with Gasteiger partial charge in [0, 0.05) is 36.7 Å². The van der Waals surface area contributed by atoms with E-state index in [2.05, 4.69) is 43.2 Å². The summed E-state index contributed by atoms with van der Waals surface area (Å²) in [6.45, 7) is 11.4. The van der Waals surface area contributed by atoms with Crippen molar-refractivity contribution in [1.29, 1.82) is 0 Å². The normalized spacial score (nSPS) is 21.8. The van der Waals surface area contributed by atoms with E-state index in [1.165, 1.54) is 0 Å². The zero-order valence-electron chi connectivity index (χ0n) is 15.6. The van der Waals surface area contributed by atoms with Crippen molar-refractivity contribution in [3.63, 3.8) is 0 Å². The lowest BCUT2D eigenvalue weighted by atomic mass is 10.00. The van der Waals surface area contributed by atoms with Gasteiger partial charge in [-0.3, -0.25) is 4.90 Å². The van der Waals surface area contributed by atoms with Crippen LogP contribution in [0.4, 0.5) is 4.79 Å². The third-order valence-corrected chi connectivity index (χ3v) is 4.78. The molecule has 1 saturated heterocycles. The molecule has 2 amide bonds. The maximum atomic E-state index is 12.1. The second-order valence-corrected chi connectivity index (χ2v) is 7.90. The van der Waals surface area contributed by atoms with E-state index in [9.17, 15) is 4.79 Å². The molecule has 2 rings (SSSR count). The maximum absolute atomic E-state index is 12.1. The number of benzene rings is 1. The third kappa shape index (κ3) is 6.49. The van der Waals surface area contributed by atoms with Gasteiger partial charge in [-0.05, 0) is 51.8 Å². The Balaban J connectivity index is 1.73. The lowest BCUT2D eigenvalue weighted by Crippen LogP contribution is -2.59. The number of rotatable bonds is 6. The molecule has 25 heavy (non-hydrogen) atoms. The van der Waals surface area contributed by atoms with Crippen molar-refractivity contribution >= 4 is 17.6 Å². The zero-order valence-corrected chi connectivity index (χ0v) is 16.4. The van der Waals surface area contributed by atoms with Crippen LogP contribution in [-0.4, -0.2) is 54.9 Å². The summed E-state index contributed by atoms with van der Waals surface area (Å²) in [5.74, 6) is 0. The van der Waals surface area contributed by atoms with Gasteiger partial charge in [0.2, 0.25) is 0 Å². The predicted molar refractivity (Wildman–Crippen MR) is 102 cm³/mol. The highest BCUT2D eigenvalue weighted by atomic mass is 35.5. The van der Waals surface area contributed by atoms with Gasteiger partial charge in [0.05, 0.1) is 12.2 Å². The summed E-state index contributed by atoms with van der Waals surface area (Å²) in [5, 5.41) is 6.62. The Labute approximate surface area is 156 Å². The molecule has 1 fully saturated rings. The Morgan fingerprint density at radius 1 is 1.28 bits per heavy atom. The molecule has 1 aliphatic rings. The van der Waals surface area contributed by atoms with Gasteiger partial charge in [0.15, 0.2) is 0 Å². The number of nitrogens with zero attached hydrogens (tertiary/aromatic N) is 1. The van der Waals surface area contributed by atoms with E-state index in [4.69, 9.17) is 16.3 Å². The minimum absolute atomic E-state index is 0.114. The number of morpholine rings is 1. The molecule has 6 heteroatoms. The molecule has 140 valence electrons. The lowest BCUT2D eigenvalue weighted by Gasteiger charge is -2.45. The maximum Gasteiger partial charge on any atom is 0.314 e. The van der Waals surface area contributed by atoms with Crippen LogP contribution in [0.2, 0.25) is 5.02 Å². The second kappa shape index (κ2) is 8.88. The molecule has 0 saturated carbocycles. The number of nitrogens with one attached hydrogen (secondary N) is 2. The van der Waals surface area contributed by atoms with E-state index in [1.807, 2.05) is 24.3 Å². The van der Waals surface area contributed by atoms with Crippen molar-refractivity contribution in [2.24, 2.45) is 0 Å². The van der Waals surface area contributed by atoms with Gasteiger partial charge in [-0.15, -0.1) is 0 Å². The summed E-state index contributed by atoms with van der Waals surface area (Å²) in [6.07, 6.45) is 1.19. The first kappa shape index (κ1) is 20.0. The number of halogens is 1. The van der Waals surface area contributed by atoms with E-state index in [0.29, 0.717) is 13.1 Å². The Morgan fingerprint density at radius 2 is 1.96 bits per heavy atom. The molecule has 5 nitrogen and oxygen atoms in total. The first-order valence-electron chi connectivity index (χ1n) is 8.93. The Kier molecular flexibility index (Phi) is 7.11. The monoisotopic (exact) mass is 367 g/mol. The Morgan fingerprint density at radius 3 is 2.60 bits per heavy atom. The molecule has 0 unspecified atom stereocenters. The van der Waals surface area contributed by atoms with Crippen LogP contribution in [-0.2, 0) is 11.2 Å². The summed E-state index contributed by atoms with van der Waals surface area (Å²) in [5.41, 5.74) is 1.00. The van der Waals surface area contributed by atoms with Crippen LogP contribution < -0.4 is 10.6 Å². The minimum atomic E-state index is -0.135. The lowest BCUT2D eigenvalue weighted by molar-refractivity contribution is -0.0947. The molecule has 1 aromatic carbocycles. The van der Waals surface area contributed by atoms with Crippen LogP contribution >= 0.6 is 11.6 Å². The molecular formula is C19H30ClN3O2. The van der Waals surface area contributed by atoms with Gasteiger partial charge in [0.1, 0.15) is 0 Å². The standard InChI is InChI=1S/C19H30ClN3O2/c1-14-11-23(12-15(2)25-14)19(3,4)13-22-18(24)21-9-8-16-6-5-7-17(20)10-16/h5-7,10,14-15H,8-9,11-13H2,1-4H3,(H2,21,22,24)/t14-,15+. The highest BCUT2D eigenvalue weighted by molar-refractivity contribution is 6.30. The number of urea groups is 1. The van der Waals surface area contributed by atoms with Gasteiger partial charge in [-0.1, -0.05) is 23.7 Å². The van der Waals surface area contributed by atoms with Crippen LogP contribution in [0, 0.1) is 0 Å². The van der Waals surface area contributed by atoms with Gasteiger partial charge in [0.25, 0.3) is 0 Å². The quantitative estimate of drug-likeness (QED) is 0.812. The highest BCUT2D eigenvalue weighted by Gasteiger charge is 2.33. The molecule has 0 aromatic heterocycles. The van der Waals surface area contributed by atoms with Crippen LogP contribution in [0.5, 0.6) is 0 Å². The first-order chi connectivity index (χ1) is 11.8. The van der Waals surface area contributed by atoms with Gasteiger partial charge >= 0.3 is 6.03 Å². The average Bonchev–Trinajstić information content (AvgIpc) is 2.52. The van der Waals surface area contributed by atoms with Crippen molar-refractivity contribution in [2.75, 3.05) is 26.2 Å². The third-order valence-electron chi connectivity index (χ3n) is 4.55. The molecule has 1 aliphatic heterocycles. The topological polar surface area (TPSA) is 53.6 Å². The molecule has 0 spiro atoms. The number of hydrogen-bond donors (Lipinski definition) is 2. The van der Waals surface area contributed by atoms with E-state index in [-0.39, 0.29) is 23.8 Å². The number of carbonyl (C=O) groups is 1. The fourth-order valence-corrected chi connectivity index (χ4v) is 3.37. The van der Waals surface area contributed by atoms with Crippen molar-refractivity contribution in [1.82, 2.24) is 15.5 Å². The van der Waals surface area contributed by atoms with Gasteiger partial charge in [-0.2, -0.15) is 0 Å².